The number of hydrazine groups is 2. The highest BCUT2D eigenvalue weighted by atomic mass is 16.5. The largest absolute Gasteiger partial charge is 0.508 e. The number of ether oxygens (including phenoxy) is 1. The van der Waals surface area contributed by atoms with Crippen molar-refractivity contribution in [3.8, 4) is 11.5 Å². The predicted octanol–water partition coefficient (Wildman–Crippen LogP) is 1.85. The van der Waals surface area contributed by atoms with Crippen LogP contribution in [-0.2, 0) is 6.61 Å². The second-order valence-electron chi connectivity index (χ2n) is 5.13. The molecule has 0 saturated carbocycles. The Labute approximate surface area is 134 Å². The molecule has 0 aliphatic rings. The summed E-state index contributed by atoms with van der Waals surface area (Å²) in [6.45, 7) is 3.96. The van der Waals surface area contributed by atoms with Gasteiger partial charge in [0.1, 0.15) is 18.1 Å². The number of carbonyl (C=O) groups is 1. The number of nitrogens with one attached hydrogen (secondary N) is 1. The maximum atomic E-state index is 11.6. The highest BCUT2D eigenvalue weighted by Gasteiger charge is 2.16. The summed E-state index contributed by atoms with van der Waals surface area (Å²) in [7, 11) is 0. The predicted molar refractivity (Wildman–Crippen MR) is 87.7 cm³/mol. The molecule has 7 nitrogen and oxygen atoms in total. The number of nitrogens with two attached hydrogens (primary N) is 2. The summed E-state index contributed by atoms with van der Waals surface area (Å²) < 4.78 is 5.81. The Hall–Kier alpha value is -2.77. The number of carbonyl (C=O) groups excluding carboxylic acids is 1. The normalized spacial score (nSPS) is 10.3. The molecule has 0 heterocycles. The highest BCUT2D eigenvalue weighted by molar-refractivity contribution is 5.91. The third-order valence-electron chi connectivity index (χ3n) is 3.52. The first kappa shape index (κ1) is 16.6. The van der Waals surface area contributed by atoms with E-state index in [4.69, 9.17) is 16.4 Å². The van der Waals surface area contributed by atoms with Gasteiger partial charge in [0.05, 0.1) is 5.69 Å². The number of urea groups is 1. The van der Waals surface area contributed by atoms with Gasteiger partial charge >= 0.3 is 6.03 Å². The number of benzene rings is 2. The van der Waals surface area contributed by atoms with Crippen LogP contribution in [0.1, 0.15) is 16.7 Å². The Bertz CT molecular complexity index is 718. The average Bonchev–Trinajstić information content (AvgIpc) is 2.53. The number of hydrogen-bond donors (Lipinski definition) is 4. The molecule has 0 aliphatic carbocycles. The maximum Gasteiger partial charge on any atom is 0.350 e. The van der Waals surface area contributed by atoms with Crippen LogP contribution in [0.5, 0.6) is 11.5 Å². The molecule has 0 fully saturated rings. The minimum atomic E-state index is -0.627. The van der Waals surface area contributed by atoms with E-state index in [-0.39, 0.29) is 12.4 Å². The zero-order chi connectivity index (χ0) is 17.0. The lowest BCUT2D eigenvalue weighted by Gasteiger charge is -2.21. The van der Waals surface area contributed by atoms with Crippen molar-refractivity contribution in [2.24, 2.45) is 11.7 Å². The molecule has 2 rings (SSSR count). The topological polar surface area (TPSA) is 114 Å². The summed E-state index contributed by atoms with van der Waals surface area (Å²) in [5, 5.41) is 10.4. The third-order valence-corrected chi connectivity index (χ3v) is 3.52. The smallest absolute Gasteiger partial charge is 0.350 e. The van der Waals surface area contributed by atoms with Gasteiger partial charge in [-0.3, -0.25) is 5.43 Å². The zero-order valence-electron chi connectivity index (χ0n) is 13.0. The molecule has 0 aromatic heterocycles. The number of aryl methyl sites for hydroxylation is 2. The second kappa shape index (κ2) is 6.99. The fourth-order valence-electron chi connectivity index (χ4n) is 2.22. The summed E-state index contributed by atoms with van der Waals surface area (Å²) in [5.74, 6) is 11.7. The summed E-state index contributed by atoms with van der Waals surface area (Å²) in [6, 6.07) is 9.64. The van der Waals surface area contributed by atoms with E-state index in [1.807, 2.05) is 25.3 Å². The Morgan fingerprint density at radius 3 is 2.65 bits per heavy atom. The van der Waals surface area contributed by atoms with Gasteiger partial charge in [-0.15, -0.1) is 0 Å². The van der Waals surface area contributed by atoms with Crippen molar-refractivity contribution in [3.05, 3.63) is 53.1 Å². The van der Waals surface area contributed by atoms with Gasteiger partial charge in [-0.25, -0.2) is 21.5 Å². The fourth-order valence-corrected chi connectivity index (χ4v) is 2.22. The van der Waals surface area contributed by atoms with Gasteiger partial charge in [0.25, 0.3) is 0 Å². The molecule has 0 atom stereocenters. The molecule has 0 aliphatic heterocycles. The number of phenols is 1. The average molecular weight is 316 g/mol. The van der Waals surface area contributed by atoms with Crippen molar-refractivity contribution in [1.29, 1.82) is 0 Å². The van der Waals surface area contributed by atoms with E-state index in [1.54, 1.807) is 30.3 Å². The number of nitrogens with zero attached hydrogens (tertiary/aromatic N) is 1. The Morgan fingerprint density at radius 2 is 2.00 bits per heavy atom. The van der Waals surface area contributed by atoms with Crippen molar-refractivity contribution in [2.45, 2.75) is 20.5 Å². The Morgan fingerprint density at radius 1 is 1.26 bits per heavy atom. The summed E-state index contributed by atoms with van der Waals surface area (Å²) in [5.41, 5.74) is 5.01. The van der Waals surface area contributed by atoms with Crippen molar-refractivity contribution >= 4 is 11.7 Å². The van der Waals surface area contributed by atoms with Crippen LogP contribution in [-0.4, -0.2) is 11.1 Å². The first-order valence-electron chi connectivity index (χ1n) is 7.00. The van der Waals surface area contributed by atoms with Crippen LogP contribution in [0.4, 0.5) is 10.5 Å². The summed E-state index contributed by atoms with van der Waals surface area (Å²) in [6.07, 6.45) is 0. The van der Waals surface area contributed by atoms with Gasteiger partial charge in [-0.05, 0) is 49.2 Å². The standard InChI is InChI=1S/C16H20N4O3/c1-10-4-3-5-14(20(18)16(22)19-17)13(10)9-23-15-7-6-12(21)8-11(15)2/h3-8,21H,9,17-18H2,1-2H3,(H,19,22). The molecule has 0 spiro atoms. The van der Waals surface area contributed by atoms with Gasteiger partial charge in [0.15, 0.2) is 0 Å². The van der Waals surface area contributed by atoms with E-state index in [2.05, 4.69) is 0 Å². The number of phenolic OH excluding ortho intramolecular Hbond substituents is 1. The van der Waals surface area contributed by atoms with Gasteiger partial charge in [0, 0.05) is 5.56 Å². The van der Waals surface area contributed by atoms with Gasteiger partial charge in [-0.2, -0.15) is 0 Å². The molecule has 0 radical (unpaired) electrons. The van der Waals surface area contributed by atoms with Crippen LogP contribution in [0.15, 0.2) is 36.4 Å². The summed E-state index contributed by atoms with van der Waals surface area (Å²) >= 11 is 0. The number of anilines is 1. The second-order valence-corrected chi connectivity index (χ2v) is 5.13. The quantitative estimate of drug-likeness (QED) is 0.390. The monoisotopic (exact) mass is 316 g/mol. The van der Waals surface area contributed by atoms with Crippen molar-refractivity contribution in [2.75, 3.05) is 5.01 Å². The van der Waals surface area contributed by atoms with Gasteiger partial charge in [-0.1, -0.05) is 12.1 Å². The van der Waals surface area contributed by atoms with Crippen LogP contribution in [0.25, 0.3) is 0 Å². The van der Waals surface area contributed by atoms with E-state index < -0.39 is 6.03 Å². The maximum absolute atomic E-state index is 11.6. The molecule has 2 aromatic carbocycles. The van der Waals surface area contributed by atoms with E-state index >= 15 is 0 Å². The van der Waals surface area contributed by atoms with E-state index in [0.717, 1.165) is 21.7 Å². The summed E-state index contributed by atoms with van der Waals surface area (Å²) in [4.78, 5) is 11.6. The lowest BCUT2D eigenvalue weighted by Crippen LogP contribution is -2.48. The van der Waals surface area contributed by atoms with Gasteiger partial charge in [0.2, 0.25) is 0 Å². The molecule has 0 saturated heterocycles. The molecular formula is C16H20N4O3. The first-order chi connectivity index (χ1) is 10.9. The molecule has 0 unspecified atom stereocenters. The van der Waals surface area contributed by atoms with Crippen LogP contribution >= 0.6 is 0 Å². The molecule has 2 aromatic rings. The Kier molecular flexibility index (Phi) is 5.05. The molecule has 0 bridgehead atoms. The van der Waals surface area contributed by atoms with E-state index in [0.29, 0.717) is 11.4 Å². The lowest BCUT2D eigenvalue weighted by atomic mass is 10.1. The van der Waals surface area contributed by atoms with Crippen LogP contribution in [0.3, 0.4) is 0 Å². The lowest BCUT2D eigenvalue weighted by molar-refractivity contribution is 0.246. The molecule has 122 valence electrons. The fraction of sp³-hybridized carbons (Fsp3) is 0.188. The number of rotatable bonds is 4. The molecule has 23 heavy (non-hydrogen) atoms. The Balaban J connectivity index is 2.27. The van der Waals surface area contributed by atoms with Crippen molar-refractivity contribution in [1.82, 2.24) is 5.43 Å². The minimum absolute atomic E-state index is 0.180. The van der Waals surface area contributed by atoms with Crippen molar-refractivity contribution in [3.63, 3.8) is 0 Å². The molecule has 2 amide bonds. The number of amides is 2. The first-order valence-corrected chi connectivity index (χ1v) is 7.00. The molecule has 6 N–H and O–H groups in total. The van der Waals surface area contributed by atoms with Gasteiger partial charge < -0.3 is 9.84 Å². The van der Waals surface area contributed by atoms with E-state index in [9.17, 15) is 9.90 Å². The molecule has 7 heteroatoms. The SMILES string of the molecule is Cc1cc(O)ccc1OCc1c(C)cccc1N(N)C(=O)NN. The van der Waals surface area contributed by atoms with Crippen LogP contribution in [0.2, 0.25) is 0 Å². The zero-order valence-corrected chi connectivity index (χ0v) is 13.0. The van der Waals surface area contributed by atoms with E-state index in [1.165, 1.54) is 0 Å². The van der Waals surface area contributed by atoms with Crippen LogP contribution in [0, 0.1) is 13.8 Å². The third kappa shape index (κ3) is 3.71. The minimum Gasteiger partial charge on any atom is -0.508 e. The number of aromatic hydroxyl groups is 1. The van der Waals surface area contributed by atoms with Crippen molar-refractivity contribution < 1.29 is 14.6 Å². The van der Waals surface area contributed by atoms with Crippen LogP contribution < -0.4 is 26.9 Å². The number of hydrogen-bond acceptors (Lipinski definition) is 5. The molecular weight excluding hydrogens is 296 g/mol. The highest BCUT2D eigenvalue weighted by Crippen LogP contribution is 2.27.